The lowest BCUT2D eigenvalue weighted by Gasteiger charge is -2.13. The van der Waals surface area contributed by atoms with E-state index < -0.39 is 11.9 Å². The lowest BCUT2D eigenvalue weighted by molar-refractivity contribution is 0.205. The largest absolute Gasteiger partial charge is 0.382 e. The van der Waals surface area contributed by atoms with Crippen LogP contribution in [0.2, 0.25) is 10.0 Å². The second-order valence-corrected chi connectivity index (χ2v) is 4.41. The quantitative estimate of drug-likeness (QED) is 0.915. The number of rotatable bonds is 2. The first-order chi connectivity index (χ1) is 8.00. The van der Waals surface area contributed by atoms with E-state index in [1.807, 2.05) is 0 Å². The van der Waals surface area contributed by atoms with Gasteiger partial charge in [0.1, 0.15) is 11.9 Å². The van der Waals surface area contributed by atoms with E-state index in [0.29, 0.717) is 5.69 Å². The average molecular weight is 275 g/mol. The van der Waals surface area contributed by atoms with Gasteiger partial charge in [-0.25, -0.2) is 4.39 Å². The zero-order valence-corrected chi connectivity index (χ0v) is 10.4. The monoisotopic (exact) mass is 274 g/mol. The molecule has 1 aromatic carbocycles. The van der Waals surface area contributed by atoms with Crippen molar-refractivity contribution >= 4 is 23.2 Å². The molecule has 3 nitrogen and oxygen atoms in total. The fourth-order valence-electron chi connectivity index (χ4n) is 1.60. The number of aryl methyl sites for hydroxylation is 1. The van der Waals surface area contributed by atoms with Gasteiger partial charge in [0, 0.05) is 17.6 Å². The number of aromatic nitrogens is 2. The zero-order chi connectivity index (χ0) is 12.6. The molecule has 0 aliphatic rings. The number of hydrogen-bond acceptors (Lipinski definition) is 2. The third-order valence-corrected chi connectivity index (χ3v) is 2.98. The lowest BCUT2D eigenvalue weighted by Crippen LogP contribution is -2.08. The fraction of sp³-hybridized carbons (Fsp3) is 0.182. The van der Waals surface area contributed by atoms with Gasteiger partial charge in [-0.3, -0.25) is 4.68 Å². The maximum atomic E-state index is 13.6. The Hall–Kier alpha value is -1.10. The summed E-state index contributed by atoms with van der Waals surface area (Å²) in [5.74, 6) is -0.581. The summed E-state index contributed by atoms with van der Waals surface area (Å²) in [5.41, 5.74) is 0.452. The first-order valence-corrected chi connectivity index (χ1v) is 5.56. The summed E-state index contributed by atoms with van der Waals surface area (Å²) in [7, 11) is 1.62. The second kappa shape index (κ2) is 4.64. The summed E-state index contributed by atoms with van der Waals surface area (Å²) >= 11 is 11.5. The molecule has 0 saturated carbocycles. The van der Waals surface area contributed by atoms with Crippen LogP contribution in [0.15, 0.2) is 24.4 Å². The van der Waals surface area contributed by atoms with Crippen molar-refractivity contribution in [2.45, 2.75) is 6.10 Å². The van der Waals surface area contributed by atoms with Crippen LogP contribution in [0.5, 0.6) is 0 Å². The molecular weight excluding hydrogens is 266 g/mol. The number of nitrogens with zero attached hydrogens (tertiary/aromatic N) is 2. The van der Waals surface area contributed by atoms with Gasteiger partial charge >= 0.3 is 0 Å². The summed E-state index contributed by atoms with van der Waals surface area (Å²) in [4.78, 5) is 0. The predicted octanol–water partition coefficient (Wildman–Crippen LogP) is 2.95. The van der Waals surface area contributed by atoms with Crippen LogP contribution in [0.4, 0.5) is 4.39 Å². The van der Waals surface area contributed by atoms with E-state index >= 15 is 0 Å². The molecule has 1 heterocycles. The normalized spacial score (nSPS) is 12.8. The van der Waals surface area contributed by atoms with Crippen LogP contribution in [0.1, 0.15) is 17.4 Å². The van der Waals surface area contributed by atoms with Gasteiger partial charge in [-0.2, -0.15) is 5.10 Å². The molecule has 0 aliphatic carbocycles. The number of hydrogen-bond donors (Lipinski definition) is 1. The summed E-state index contributed by atoms with van der Waals surface area (Å²) in [6, 6.07) is 4.07. The Morgan fingerprint density at radius 1 is 1.41 bits per heavy atom. The minimum atomic E-state index is -1.17. The minimum Gasteiger partial charge on any atom is -0.382 e. The SMILES string of the molecule is Cn1ncc(Cl)c1C(O)c1ccc(Cl)cc1F. The maximum Gasteiger partial charge on any atom is 0.130 e. The molecule has 1 unspecified atom stereocenters. The molecule has 0 saturated heterocycles. The molecule has 0 amide bonds. The van der Waals surface area contributed by atoms with Crippen LogP contribution in [0.25, 0.3) is 0 Å². The predicted molar refractivity (Wildman–Crippen MR) is 63.7 cm³/mol. The van der Waals surface area contributed by atoms with Crippen molar-refractivity contribution in [2.24, 2.45) is 7.05 Å². The molecule has 1 atom stereocenters. The molecule has 0 fully saturated rings. The highest BCUT2D eigenvalue weighted by atomic mass is 35.5. The van der Waals surface area contributed by atoms with E-state index in [2.05, 4.69) is 5.10 Å². The van der Waals surface area contributed by atoms with Crippen molar-refractivity contribution < 1.29 is 9.50 Å². The Kier molecular flexibility index (Phi) is 3.38. The maximum absolute atomic E-state index is 13.6. The van der Waals surface area contributed by atoms with Gasteiger partial charge in [-0.1, -0.05) is 29.3 Å². The van der Waals surface area contributed by atoms with Crippen molar-refractivity contribution in [1.29, 1.82) is 0 Å². The van der Waals surface area contributed by atoms with Gasteiger partial charge in [0.25, 0.3) is 0 Å². The number of aliphatic hydroxyl groups excluding tert-OH is 1. The third-order valence-electron chi connectivity index (χ3n) is 2.45. The number of halogens is 3. The average Bonchev–Trinajstić information content (AvgIpc) is 2.58. The van der Waals surface area contributed by atoms with Crippen molar-refractivity contribution in [2.75, 3.05) is 0 Å². The van der Waals surface area contributed by atoms with Crippen molar-refractivity contribution in [3.63, 3.8) is 0 Å². The Morgan fingerprint density at radius 2 is 2.12 bits per heavy atom. The van der Waals surface area contributed by atoms with Gasteiger partial charge in [0.15, 0.2) is 0 Å². The second-order valence-electron chi connectivity index (χ2n) is 3.57. The van der Waals surface area contributed by atoms with Gasteiger partial charge in [-0.15, -0.1) is 0 Å². The molecule has 6 heteroatoms. The lowest BCUT2D eigenvalue weighted by atomic mass is 10.1. The molecule has 0 radical (unpaired) electrons. The van der Waals surface area contributed by atoms with Crippen molar-refractivity contribution in [3.8, 4) is 0 Å². The molecule has 2 rings (SSSR count). The molecule has 0 bridgehead atoms. The van der Waals surface area contributed by atoms with Gasteiger partial charge in [-0.05, 0) is 12.1 Å². The Labute approximate surface area is 107 Å². The zero-order valence-electron chi connectivity index (χ0n) is 8.86. The highest BCUT2D eigenvalue weighted by Gasteiger charge is 2.21. The Morgan fingerprint density at radius 3 is 2.65 bits per heavy atom. The minimum absolute atomic E-state index is 0.111. The van der Waals surface area contributed by atoms with E-state index in [4.69, 9.17) is 23.2 Å². The smallest absolute Gasteiger partial charge is 0.130 e. The number of benzene rings is 1. The molecule has 17 heavy (non-hydrogen) atoms. The summed E-state index contributed by atoms with van der Waals surface area (Å²) in [6.45, 7) is 0. The molecule has 0 aliphatic heterocycles. The fourth-order valence-corrected chi connectivity index (χ4v) is 2.03. The van der Waals surface area contributed by atoms with Gasteiger partial charge < -0.3 is 5.11 Å². The van der Waals surface area contributed by atoms with E-state index in [9.17, 15) is 9.50 Å². The molecule has 90 valence electrons. The first-order valence-electron chi connectivity index (χ1n) is 4.81. The Bertz CT molecular complexity index is 537. The third kappa shape index (κ3) is 2.29. The van der Waals surface area contributed by atoms with Crippen molar-refractivity contribution in [1.82, 2.24) is 9.78 Å². The van der Waals surface area contributed by atoms with Gasteiger partial charge in [0.2, 0.25) is 0 Å². The number of aliphatic hydroxyl groups is 1. The van der Waals surface area contributed by atoms with Crippen LogP contribution < -0.4 is 0 Å². The summed E-state index contributed by atoms with van der Waals surface area (Å²) in [5, 5.41) is 14.5. The molecule has 2 aromatic rings. The highest BCUT2D eigenvalue weighted by molar-refractivity contribution is 6.31. The van der Waals surface area contributed by atoms with E-state index in [0.717, 1.165) is 6.07 Å². The van der Waals surface area contributed by atoms with Crippen LogP contribution in [0, 0.1) is 5.82 Å². The molecular formula is C11H9Cl2FN2O. The Balaban J connectivity index is 2.47. The van der Waals surface area contributed by atoms with E-state index in [1.165, 1.54) is 23.0 Å². The topological polar surface area (TPSA) is 38.0 Å². The summed E-state index contributed by atoms with van der Waals surface area (Å²) < 4.78 is 15.0. The van der Waals surface area contributed by atoms with Crippen LogP contribution >= 0.6 is 23.2 Å². The summed E-state index contributed by atoms with van der Waals surface area (Å²) in [6.07, 6.45) is 0.223. The van der Waals surface area contributed by atoms with E-state index in [-0.39, 0.29) is 15.6 Å². The molecule has 1 aromatic heterocycles. The van der Waals surface area contributed by atoms with Crippen LogP contribution in [0.3, 0.4) is 0 Å². The molecule has 1 N–H and O–H groups in total. The van der Waals surface area contributed by atoms with Crippen LogP contribution in [-0.4, -0.2) is 14.9 Å². The van der Waals surface area contributed by atoms with Gasteiger partial charge in [0.05, 0.1) is 16.9 Å². The van der Waals surface area contributed by atoms with Crippen molar-refractivity contribution in [3.05, 3.63) is 51.5 Å². The van der Waals surface area contributed by atoms with E-state index in [1.54, 1.807) is 7.05 Å². The first kappa shape index (κ1) is 12.4. The highest BCUT2D eigenvalue weighted by Crippen LogP contribution is 2.30. The van der Waals surface area contributed by atoms with Crippen LogP contribution in [-0.2, 0) is 7.05 Å². The standard InChI is InChI=1S/C11H9Cl2FN2O/c1-16-10(8(13)5-15-16)11(17)7-3-2-6(12)4-9(7)14/h2-5,11,17H,1H3. The molecule has 0 spiro atoms.